The van der Waals surface area contributed by atoms with Gasteiger partial charge in [0.1, 0.15) is 18.4 Å². The number of hydrogen-bond donors (Lipinski definition) is 1. The van der Waals surface area contributed by atoms with Crippen molar-refractivity contribution in [2.24, 2.45) is 0 Å². The van der Waals surface area contributed by atoms with Gasteiger partial charge in [0.2, 0.25) is 5.91 Å². The van der Waals surface area contributed by atoms with Crippen LogP contribution in [-0.4, -0.2) is 28.8 Å². The second-order valence-corrected chi connectivity index (χ2v) is 4.93. The Kier molecular flexibility index (Phi) is 5.30. The lowest BCUT2D eigenvalue weighted by Crippen LogP contribution is -2.38. The third-order valence-corrected chi connectivity index (χ3v) is 3.18. The number of rotatable bonds is 6. The molecule has 0 aliphatic heterocycles. The third kappa shape index (κ3) is 4.18. The van der Waals surface area contributed by atoms with E-state index in [2.05, 4.69) is 10.4 Å². The van der Waals surface area contributed by atoms with E-state index in [9.17, 15) is 9.59 Å². The fourth-order valence-electron chi connectivity index (χ4n) is 1.90. The molecule has 116 valence electrons. The first kappa shape index (κ1) is 15.8. The fourth-order valence-corrected chi connectivity index (χ4v) is 1.90. The first-order valence-corrected chi connectivity index (χ1v) is 7.09. The molecule has 1 aromatic heterocycles. The zero-order valence-corrected chi connectivity index (χ0v) is 12.7. The molecule has 0 aliphatic rings. The van der Waals surface area contributed by atoms with Gasteiger partial charge in [-0.2, -0.15) is 5.10 Å². The van der Waals surface area contributed by atoms with Crippen LogP contribution in [0.25, 0.3) is 0 Å². The van der Waals surface area contributed by atoms with E-state index in [0.717, 1.165) is 16.0 Å². The molecule has 2 rings (SSSR count). The summed E-state index contributed by atoms with van der Waals surface area (Å²) >= 11 is 0. The van der Waals surface area contributed by atoms with Gasteiger partial charge in [0.05, 0.1) is 6.54 Å². The topological polar surface area (TPSA) is 73.2 Å². The second kappa shape index (κ2) is 7.40. The molecule has 0 bridgehead atoms. The molecule has 6 heteroatoms. The molecule has 0 aliphatic carbocycles. The minimum atomic E-state index is -0.659. The summed E-state index contributed by atoms with van der Waals surface area (Å²) in [7, 11) is 0. The summed E-state index contributed by atoms with van der Waals surface area (Å²) in [6.45, 7) is 4.35. The molecule has 2 aromatic rings. The molecular formula is C16H19N3O3. The molecule has 1 unspecified atom stereocenters. The standard InChI is InChI=1S/C16H19N3O3/c1-12-5-7-14(8-6-12)22-11-10-17-16(21)13(2)19-15(20)4-3-9-18-19/h3-9,13H,10-11H2,1-2H3,(H,17,21). The van der Waals surface area contributed by atoms with Gasteiger partial charge < -0.3 is 10.1 Å². The van der Waals surface area contributed by atoms with Crippen LogP contribution in [-0.2, 0) is 4.79 Å². The first-order chi connectivity index (χ1) is 10.6. The number of carbonyl (C=O) groups is 1. The molecule has 6 nitrogen and oxygen atoms in total. The molecule has 1 heterocycles. The largest absolute Gasteiger partial charge is 0.492 e. The van der Waals surface area contributed by atoms with E-state index in [-0.39, 0.29) is 11.5 Å². The van der Waals surface area contributed by atoms with Crippen molar-refractivity contribution in [3.05, 3.63) is 58.5 Å². The smallest absolute Gasteiger partial charge is 0.267 e. The van der Waals surface area contributed by atoms with Gasteiger partial charge in [-0.15, -0.1) is 0 Å². The SMILES string of the molecule is Cc1ccc(OCCNC(=O)C(C)n2ncccc2=O)cc1. The molecule has 22 heavy (non-hydrogen) atoms. The van der Waals surface area contributed by atoms with Crippen molar-refractivity contribution < 1.29 is 9.53 Å². The lowest BCUT2D eigenvalue weighted by molar-refractivity contribution is -0.124. The highest BCUT2D eigenvalue weighted by atomic mass is 16.5. The summed E-state index contributed by atoms with van der Waals surface area (Å²) in [4.78, 5) is 23.6. The highest BCUT2D eigenvalue weighted by Gasteiger charge is 2.16. The minimum Gasteiger partial charge on any atom is -0.492 e. The number of hydrogen-bond acceptors (Lipinski definition) is 4. The molecule has 1 amide bonds. The van der Waals surface area contributed by atoms with E-state index in [1.807, 2.05) is 31.2 Å². The maximum Gasteiger partial charge on any atom is 0.267 e. The van der Waals surface area contributed by atoms with Crippen LogP contribution in [0.15, 0.2) is 47.4 Å². The summed E-state index contributed by atoms with van der Waals surface area (Å²) in [6.07, 6.45) is 1.48. The summed E-state index contributed by atoms with van der Waals surface area (Å²) in [5.41, 5.74) is 0.858. The number of ether oxygens (including phenoxy) is 1. The zero-order chi connectivity index (χ0) is 15.9. The summed E-state index contributed by atoms with van der Waals surface area (Å²) in [6, 6.07) is 9.94. The van der Waals surface area contributed by atoms with E-state index in [0.29, 0.717) is 13.2 Å². The Morgan fingerprint density at radius 1 is 1.32 bits per heavy atom. The summed E-state index contributed by atoms with van der Waals surface area (Å²) in [5, 5.41) is 6.62. The molecule has 0 radical (unpaired) electrons. The van der Waals surface area contributed by atoms with Gasteiger partial charge in [0, 0.05) is 12.3 Å². The van der Waals surface area contributed by atoms with Gasteiger partial charge in [-0.25, -0.2) is 4.68 Å². The van der Waals surface area contributed by atoms with E-state index < -0.39 is 6.04 Å². The maximum atomic E-state index is 12.0. The van der Waals surface area contributed by atoms with Gasteiger partial charge in [-0.3, -0.25) is 9.59 Å². The molecule has 0 spiro atoms. The highest BCUT2D eigenvalue weighted by Crippen LogP contribution is 2.10. The number of aromatic nitrogens is 2. The molecule has 0 saturated carbocycles. The maximum absolute atomic E-state index is 12.0. The van der Waals surface area contributed by atoms with Crippen molar-refractivity contribution in [1.29, 1.82) is 0 Å². The van der Waals surface area contributed by atoms with Gasteiger partial charge in [-0.05, 0) is 32.0 Å². The van der Waals surface area contributed by atoms with E-state index >= 15 is 0 Å². The molecule has 0 saturated heterocycles. The number of nitrogens with one attached hydrogen (secondary N) is 1. The molecule has 1 aromatic carbocycles. The Bertz CT molecular complexity index is 680. The third-order valence-electron chi connectivity index (χ3n) is 3.18. The van der Waals surface area contributed by atoms with Crippen molar-refractivity contribution in [1.82, 2.24) is 15.1 Å². The Balaban J connectivity index is 1.79. The van der Waals surface area contributed by atoms with Crippen molar-refractivity contribution in [2.45, 2.75) is 19.9 Å². The second-order valence-electron chi connectivity index (χ2n) is 4.93. The van der Waals surface area contributed by atoms with Crippen LogP contribution >= 0.6 is 0 Å². The average Bonchev–Trinajstić information content (AvgIpc) is 2.53. The number of amides is 1. The molecule has 0 fully saturated rings. The van der Waals surface area contributed by atoms with Crippen LogP contribution in [0.5, 0.6) is 5.75 Å². The van der Waals surface area contributed by atoms with Crippen molar-refractivity contribution in [2.75, 3.05) is 13.2 Å². The van der Waals surface area contributed by atoms with Crippen molar-refractivity contribution in [3.8, 4) is 5.75 Å². The van der Waals surface area contributed by atoms with Gasteiger partial charge in [0.25, 0.3) is 5.56 Å². The van der Waals surface area contributed by atoms with Crippen molar-refractivity contribution in [3.63, 3.8) is 0 Å². The number of aryl methyl sites for hydroxylation is 1. The van der Waals surface area contributed by atoms with E-state index in [1.165, 1.54) is 12.3 Å². The van der Waals surface area contributed by atoms with Crippen LogP contribution in [0.2, 0.25) is 0 Å². The Labute approximate surface area is 128 Å². The minimum absolute atomic E-state index is 0.270. The van der Waals surface area contributed by atoms with Crippen LogP contribution in [0.4, 0.5) is 0 Å². The van der Waals surface area contributed by atoms with E-state index in [4.69, 9.17) is 4.74 Å². The lowest BCUT2D eigenvalue weighted by Gasteiger charge is -2.13. The normalized spacial score (nSPS) is 11.7. The van der Waals surface area contributed by atoms with Crippen LogP contribution in [0.1, 0.15) is 18.5 Å². The van der Waals surface area contributed by atoms with Crippen LogP contribution < -0.4 is 15.6 Å². The summed E-state index contributed by atoms with van der Waals surface area (Å²) < 4.78 is 6.67. The zero-order valence-electron chi connectivity index (χ0n) is 12.7. The van der Waals surface area contributed by atoms with E-state index in [1.54, 1.807) is 13.0 Å². The number of nitrogens with zero attached hydrogens (tertiary/aromatic N) is 2. The van der Waals surface area contributed by atoms with Gasteiger partial charge in [-0.1, -0.05) is 17.7 Å². The van der Waals surface area contributed by atoms with Crippen LogP contribution in [0, 0.1) is 6.92 Å². The van der Waals surface area contributed by atoms with Gasteiger partial charge in [0.15, 0.2) is 0 Å². The monoisotopic (exact) mass is 301 g/mol. The average molecular weight is 301 g/mol. The number of benzene rings is 1. The van der Waals surface area contributed by atoms with Gasteiger partial charge >= 0.3 is 0 Å². The Morgan fingerprint density at radius 2 is 2.05 bits per heavy atom. The quantitative estimate of drug-likeness (QED) is 0.816. The molecule has 1 atom stereocenters. The molecule has 1 N–H and O–H groups in total. The predicted molar refractivity (Wildman–Crippen MR) is 82.9 cm³/mol. The Morgan fingerprint density at radius 3 is 2.73 bits per heavy atom. The van der Waals surface area contributed by atoms with Crippen molar-refractivity contribution >= 4 is 5.91 Å². The molecular weight excluding hydrogens is 282 g/mol. The van der Waals surface area contributed by atoms with Crippen LogP contribution in [0.3, 0.4) is 0 Å². The first-order valence-electron chi connectivity index (χ1n) is 7.09. The fraction of sp³-hybridized carbons (Fsp3) is 0.312. The highest BCUT2D eigenvalue weighted by molar-refractivity contribution is 5.79. The Hall–Kier alpha value is -2.63. The predicted octanol–water partition coefficient (Wildman–Crippen LogP) is 1.31. The summed E-state index contributed by atoms with van der Waals surface area (Å²) in [5.74, 6) is 0.488. The lowest BCUT2D eigenvalue weighted by atomic mass is 10.2. The number of carbonyl (C=O) groups excluding carboxylic acids is 1.